The van der Waals surface area contributed by atoms with Crippen LogP contribution in [-0.2, 0) is 32.7 Å². The number of carbonyl (C=O) groups is 2. The molecule has 0 fully saturated rings. The van der Waals surface area contributed by atoms with Gasteiger partial charge in [-0.15, -0.1) is 5.10 Å². The molecule has 2 aliphatic rings. The zero-order chi connectivity index (χ0) is 24.0. The van der Waals surface area contributed by atoms with Crippen molar-refractivity contribution in [3.63, 3.8) is 0 Å². The number of aromatic amines is 1. The Balaban J connectivity index is 1.80. The Labute approximate surface area is 195 Å². The Morgan fingerprint density at radius 1 is 1.26 bits per heavy atom. The van der Waals surface area contributed by atoms with E-state index in [1.807, 2.05) is 6.92 Å². The van der Waals surface area contributed by atoms with Gasteiger partial charge in [0, 0.05) is 16.9 Å². The van der Waals surface area contributed by atoms with Crippen LogP contribution in [-0.4, -0.2) is 29.2 Å². The van der Waals surface area contributed by atoms with Crippen molar-refractivity contribution in [2.24, 2.45) is 5.73 Å². The first-order valence-corrected chi connectivity index (χ1v) is 10.9. The van der Waals surface area contributed by atoms with Gasteiger partial charge in [0.05, 0.1) is 19.2 Å². The number of nitrogens with two attached hydrogens (primary N) is 1. The predicted octanol–water partition coefficient (Wildman–Crippen LogP) is 3.07. The zero-order valence-corrected chi connectivity index (χ0v) is 18.7. The first kappa shape index (κ1) is 21.7. The fourth-order valence-corrected chi connectivity index (χ4v) is 4.98. The maximum absolute atomic E-state index is 14.5. The highest BCUT2D eigenvalue weighted by atomic mass is 19.1. The van der Waals surface area contributed by atoms with E-state index in [0.29, 0.717) is 34.5 Å². The van der Waals surface area contributed by atoms with Gasteiger partial charge in [0.15, 0.2) is 0 Å². The average molecular weight is 462 g/mol. The molecule has 34 heavy (non-hydrogen) atoms. The van der Waals surface area contributed by atoms with E-state index in [4.69, 9.17) is 15.2 Å². The van der Waals surface area contributed by atoms with Crippen molar-refractivity contribution < 1.29 is 23.5 Å². The van der Waals surface area contributed by atoms with E-state index in [9.17, 15) is 14.0 Å². The summed E-state index contributed by atoms with van der Waals surface area (Å²) >= 11 is 0. The number of esters is 1. The molecular weight excluding hydrogens is 439 g/mol. The van der Waals surface area contributed by atoms with Crippen molar-refractivity contribution >= 4 is 17.6 Å². The van der Waals surface area contributed by atoms with Gasteiger partial charge < -0.3 is 20.1 Å². The number of hydrogen-bond acceptors (Lipinski definition) is 6. The number of aryl methyl sites for hydroxylation is 1. The third-order valence-electron chi connectivity index (χ3n) is 6.30. The van der Waals surface area contributed by atoms with Crippen LogP contribution in [0.15, 0.2) is 60.0 Å². The minimum Gasteiger partial charge on any atom is -0.465 e. The lowest BCUT2D eigenvalue weighted by molar-refractivity contribution is -0.138. The number of amides is 1. The second-order valence-corrected chi connectivity index (χ2v) is 8.25. The number of halogens is 1. The van der Waals surface area contributed by atoms with Crippen molar-refractivity contribution in [1.29, 1.82) is 0 Å². The van der Waals surface area contributed by atoms with Crippen molar-refractivity contribution in [3.8, 4) is 5.88 Å². The van der Waals surface area contributed by atoms with E-state index in [1.54, 1.807) is 36.4 Å². The number of benzene rings is 2. The smallest absolute Gasteiger partial charge is 0.340 e. The summed E-state index contributed by atoms with van der Waals surface area (Å²) in [4.78, 5) is 29.1. The molecule has 8 nitrogen and oxygen atoms in total. The van der Waals surface area contributed by atoms with Crippen LogP contribution in [0.5, 0.6) is 5.88 Å². The summed E-state index contributed by atoms with van der Waals surface area (Å²) in [5, 5.41) is 7.22. The number of carbonyl (C=O) groups excluding carboxylic acids is 2. The van der Waals surface area contributed by atoms with E-state index in [0.717, 1.165) is 6.42 Å². The molecule has 0 saturated carbocycles. The van der Waals surface area contributed by atoms with Gasteiger partial charge in [0.25, 0.3) is 0 Å². The van der Waals surface area contributed by atoms with Gasteiger partial charge in [-0.05, 0) is 30.2 Å². The highest BCUT2D eigenvalue weighted by Crippen LogP contribution is 2.56. The van der Waals surface area contributed by atoms with E-state index < -0.39 is 23.1 Å². The highest BCUT2D eigenvalue weighted by molar-refractivity contribution is 6.18. The Morgan fingerprint density at radius 3 is 2.79 bits per heavy atom. The van der Waals surface area contributed by atoms with Gasteiger partial charge in [0.2, 0.25) is 17.7 Å². The molecule has 2 aromatic carbocycles. The fourth-order valence-electron chi connectivity index (χ4n) is 4.98. The summed E-state index contributed by atoms with van der Waals surface area (Å²) < 4.78 is 24.7. The Hall–Kier alpha value is -4.14. The molecule has 5 rings (SSSR count). The lowest BCUT2D eigenvalue weighted by Gasteiger charge is -2.34. The summed E-state index contributed by atoms with van der Waals surface area (Å²) in [7, 11) is 1.23. The standard InChI is InChI=1S/C25H23FN4O4/c1-3-7-17-19-22(29-28-17)34-21(27)20(23(31)33-2)25(19)16-10-4-5-11-18(16)30(24(25)32)13-14-8-6-9-15(26)12-14/h4-6,8-12H,3,7,13,27H2,1-2H3,(H,28,29)/t25-/m1/s1. The Kier molecular flexibility index (Phi) is 5.11. The minimum absolute atomic E-state index is 0.0968. The third-order valence-corrected chi connectivity index (χ3v) is 6.30. The lowest BCUT2D eigenvalue weighted by Crippen LogP contribution is -2.48. The molecule has 0 unspecified atom stereocenters. The van der Waals surface area contributed by atoms with Gasteiger partial charge in [0.1, 0.15) is 16.8 Å². The fraction of sp³-hybridized carbons (Fsp3) is 0.240. The second kappa shape index (κ2) is 8.02. The van der Waals surface area contributed by atoms with Crippen LogP contribution in [0, 0.1) is 5.82 Å². The first-order valence-electron chi connectivity index (χ1n) is 10.9. The number of methoxy groups -OCH3 is 1. The van der Waals surface area contributed by atoms with Crippen LogP contribution in [0.2, 0.25) is 0 Å². The van der Waals surface area contributed by atoms with Crippen molar-refractivity contribution in [2.45, 2.75) is 31.7 Å². The minimum atomic E-state index is -1.62. The number of anilines is 1. The van der Waals surface area contributed by atoms with Gasteiger partial charge >= 0.3 is 5.97 Å². The molecular formula is C25H23FN4O4. The molecule has 1 spiro atoms. The third kappa shape index (κ3) is 2.93. The molecule has 1 amide bonds. The molecule has 3 heterocycles. The number of nitrogens with zero attached hydrogens (tertiary/aromatic N) is 2. The zero-order valence-electron chi connectivity index (χ0n) is 18.7. The van der Waals surface area contributed by atoms with Crippen LogP contribution < -0.4 is 15.4 Å². The van der Waals surface area contributed by atoms with Crippen LogP contribution in [0.3, 0.4) is 0 Å². The van der Waals surface area contributed by atoms with Crippen molar-refractivity contribution in [1.82, 2.24) is 10.2 Å². The molecule has 3 N–H and O–H groups in total. The number of nitrogens with one attached hydrogen (secondary N) is 1. The lowest BCUT2D eigenvalue weighted by atomic mass is 9.68. The van der Waals surface area contributed by atoms with Crippen molar-refractivity contribution in [3.05, 3.63) is 88.2 Å². The molecule has 0 bridgehead atoms. The van der Waals surface area contributed by atoms with E-state index in [1.165, 1.54) is 24.1 Å². The Bertz CT molecular complexity index is 1350. The number of hydrogen-bond donors (Lipinski definition) is 2. The van der Waals surface area contributed by atoms with E-state index in [2.05, 4.69) is 10.2 Å². The highest BCUT2D eigenvalue weighted by Gasteiger charge is 2.62. The maximum Gasteiger partial charge on any atom is 0.340 e. The van der Waals surface area contributed by atoms with Crippen LogP contribution >= 0.6 is 0 Å². The molecule has 1 aromatic heterocycles. The maximum atomic E-state index is 14.5. The van der Waals surface area contributed by atoms with E-state index in [-0.39, 0.29) is 23.9 Å². The molecule has 0 saturated heterocycles. The quantitative estimate of drug-likeness (QED) is 0.564. The SMILES string of the molecule is CCCc1[nH]nc2c1[C@@]1(C(=O)N(Cc3cccc(F)c3)c3ccccc31)C(C(=O)OC)=C(N)O2. The number of ether oxygens (including phenoxy) is 2. The molecule has 1 atom stereocenters. The van der Waals surface area contributed by atoms with Gasteiger partial charge in [-0.1, -0.05) is 43.7 Å². The molecule has 0 radical (unpaired) electrons. The second-order valence-electron chi connectivity index (χ2n) is 8.25. The largest absolute Gasteiger partial charge is 0.465 e. The number of aromatic nitrogens is 2. The molecule has 9 heteroatoms. The number of H-pyrrole nitrogens is 1. The summed E-state index contributed by atoms with van der Waals surface area (Å²) in [6.45, 7) is 2.09. The van der Waals surface area contributed by atoms with Gasteiger partial charge in [-0.25, -0.2) is 9.18 Å². The summed E-state index contributed by atoms with van der Waals surface area (Å²) in [5.74, 6) is -1.69. The first-order chi connectivity index (χ1) is 16.4. The van der Waals surface area contributed by atoms with Crippen LogP contribution in [0.25, 0.3) is 0 Å². The summed E-state index contributed by atoms with van der Waals surface area (Å²) in [5.41, 5.74) is 7.37. The molecule has 2 aliphatic heterocycles. The van der Waals surface area contributed by atoms with Gasteiger partial charge in [-0.3, -0.25) is 9.89 Å². The van der Waals surface area contributed by atoms with Crippen molar-refractivity contribution in [2.75, 3.05) is 12.0 Å². The van der Waals surface area contributed by atoms with E-state index >= 15 is 0 Å². The summed E-state index contributed by atoms with van der Waals surface area (Å²) in [6.07, 6.45) is 1.33. The molecule has 0 aliphatic carbocycles. The number of rotatable bonds is 5. The number of para-hydroxylation sites is 1. The predicted molar refractivity (Wildman–Crippen MR) is 121 cm³/mol. The average Bonchev–Trinajstić information content (AvgIpc) is 3.32. The molecule has 174 valence electrons. The van der Waals surface area contributed by atoms with Crippen LogP contribution in [0.4, 0.5) is 10.1 Å². The normalized spacial score (nSPS) is 18.7. The van der Waals surface area contributed by atoms with Gasteiger partial charge in [-0.2, -0.15) is 0 Å². The summed E-state index contributed by atoms with van der Waals surface area (Å²) in [6, 6.07) is 13.2. The molecule has 3 aromatic rings. The topological polar surface area (TPSA) is 111 Å². The monoisotopic (exact) mass is 462 g/mol. The Morgan fingerprint density at radius 2 is 2.06 bits per heavy atom. The number of fused-ring (bicyclic) bond motifs is 4. The van der Waals surface area contributed by atoms with Crippen LogP contribution in [0.1, 0.15) is 35.7 Å².